The molecule has 0 saturated heterocycles. The van der Waals surface area contributed by atoms with Crippen molar-refractivity contribution >= 4 is 27.6 Å². The molecule has 0 aromatic carbocycles. The fraction of sp³-hybridized carbons (Fsp3) is 0.667. The van der Waals surface area contributed by atoms with Crippen LogP contribution in [0.3, 0.4) is 0 Å². The van der Waals surface area contributed by atoms with E-state index >= 15 is 0 Å². The summed E-state index contributed by atoms with van der Waals surface area (Å²) in [5.41, 5.74) is 0. The lowest BCUT2D eigenvalue weighted by Crippen LogP contribution is -1.96. The highest BCUT2D eigenvalue weighted by molar-refractivity contribution is 8.78. The summed E-state index contributed by atoms with van der Waals surface area (Å²) in [5.74, 6) is -0.675. The highest BCUT2D eigenvalue weighted by atomic mass is 33.1. The molecule has 0 radical (unpaired) electrons. The molecular weight excluding hydrogens is 204 g/mol. The van der Waals surface area contributed by atoms with Crippen LogP contribution in [0.4, 0.5) is 0 Å². The Morgan fingerprint density at radius 2 is 2.23 bits per heavy atom. The first kappa shape index (κ1) is 11.0. The molecule has 1 heterocycles. The van der Waals surface area contributed by atoms with Gasteiger partial charge in [0.2, 0.25) is 0 Å². The number of hydrogen-bond acceptors (Lipinski definition) is 3. The smallest absolute Gasteiger partial charge is 0.303 e. The van der Waals surface area contributed by atoms with Crippen LogP contribution in [0.15, 0.2) is 11.5 Å². The zero-order valence-electron chi connectivity index (χ0n) is 7.44. The van der Waals surface area contributed by atoms with Gasteiger partial charge >= 0.3 is 5.97 Å². The van der Waals surface area contributed by atoms with Crippen LogP contribution in [-0.2, 0) is 4.79 Å². The molecule has 1 aliphatic heterocycles. The molecule has 0 saturated carbocycles. The van der Waals surface area contributed by atoms with E-state index in [1.807, 2.05) is 10.8 Å². The number of carbonyl (C=O) groups is 1. The van der Waals surface area contributed by atoms with E-state index in [1.165, 1.54) is 6.42 Å². The summed E-state index contributed by atoms with van der Waals surface area (Å²) < 4.78 is 0. The third kappa shape index (κ3) is 5.26. The average molecular weight is 218 g/mol. The molecule has 74 valence electrons. The second kappa shape index (κ2) is 6.38. The van der Waals surface area contributed by atoms with Crippen LogP contribution in [-0.4, -0.2) is 16.3 Å². The number of carboxylic acid groups (broad SMARTS) is 1. The molecule has 1 N–H and O–H groups in total. The first-order chi connectivity index (χ1) is 6.29. The van der Waals surface area contributed by atoms with E-state index in [1.54, 1.807) is 10.8 Å². The summed E-state index contributed by atoms with van der Waals surface area (Å²) in [4.78, 5) is 10.2. The molecule has 0 amide bonds. The number of unbranched alkanes of at least 4 members (excludes halogenated alkanes) is 2. The Morgan fingerprint density at radius 3 is 2.85 bits per heavy atom. The van der Waals surface area contributed by atoms with E-state index in [0.717, 1.165) is 19.3 Å². The lowest BCUT2D eigenvalue weighted by molar-refractivity contribution is -0.137. The lowest BCUT2D eigenvalue weighted by atomic mass is 10.1. The van der Waals surface area contributed by atoms with Gasteiger partial charge in [0, 0.05) is 11.7 Å². The second-order valence-corrected chi connectivity index (χ2v) is 5.47. The van der Waals surface area contributed by atoms with Gasteiger partial charge in [0.15, 0.2) is 0 Å². The molecule has 0 fully saturated rings. The number of carboxylic acids is 1. The summed E-state index contributed by atoms with van der Waals surface area (Å²) >= 11 is 0. The molecule has 0 spiro atoms. The first-order valence-corrected chi connectivity index (χ1v) is 6.77. The normalized spacial score (nSPS) is 20.8. The topological polar surface area (TPSA) is 37.3 Å². The van der Waals surface area contributed by atoms with Gasteiger partial charge in [-0.1, -0.05) is 40.5 Å². The average Bonchev–Trinajstić information content (AvgIpc) is 2.55. The maximum atomic E-state index is 10.2. The van der Waals surface area contributed by atoms with Crippen LogP contribution in [0.5, 0.6) is 0 Å². The minimum Gasteiger partial charge on any atom is -0.481 e. The monoisotopic (exact) mass is 218 g/mol. The van der Waals surface area contributed by atoms with Gasteiger partial charge < -0.3 is 5.11 Å². The number of aliphatic carboxylic acids is 1. The number of hydrogen-bond donors (Lipinski definition) is 1. The fourth-order valence-electron chi connectivity index (χ4n) is 1.20. The Labute approximate surface area is 86.6 Å². The van der Waals surface area contributed by atoms with Crippen molar-refractivity contribution in [1.29, 1.82) is 0 Å². The largest absolute Gasteiger partial charge is 0.481 e. The Hall–Kier alpha value is -0.0900. The van der Waals surface area contributed by atoms with Gasteiger partial charge in [0.25, 0.3) is 0 Å². The van der Waals surface area contributed by atoms with Crippen molar-refractivity contribution in [2.45, 2.75) is 37.4 Å². The van der Waals surface area contributed by atoms with Gasteiger partial charge in [-0.3, -0.25) is 4.79 Å². The van der Waals surface area contributed by atoms with E-state index in [9.17, 15) is 4.79 Å². The molecule has 13 heavy (non-hydrogen) atoms. The molecule has 1 aliphatic rings. The van der Waals surface area contributed by atoms with Gasteiger partial charge in [-0.15, -0.1) is 0 Å². The second-order valence-electron chi connectivity index (χ2n) is 3.05. The SMILES string of the molecule is O=C(O)CCCCCC1C=CSS1. The van der Waals surface area contributed by atoms with E-state index in [0.29, 0.717) is 11.7 Å². The molecular formula is C9H14O2S2. The molecule has 2 nitrogen and oxygen atoms in total. The predicted octanol–water partition coefficient (Wildman–Crippen LogP) is 3.30. The standard InChI is InChI=1S/C9H14O2S2/c10-9(11)5-3-1-2-4-8-6-7-12-13-8/h6-8H,1-5H2,(H,10,11). The molecule has 1 rings (SSSR count). The quantitative estimate of drug-likeness (QED) is 0.548. The molecule has 0 aromatic heterocycles. The lowest BCUT2D eigenvalue weighted by Gasteiger charge is -2.04. The van der Waals surface area contributed by atoms with Gasteiger partial charge in [-0.25, -0.2) is 0 Å². The van der Waals surface area contributed by atoms with E-state index in [-0.39, 0.29) is 0 Å². The van der Waals surface area contributed by atoms with Crippen molar-refractivity contribution in [2.24, 2.45) is 0 Å². The van der Waals surface area contributed by atoms with Crippen LogP contribution in [0.25, 0.3) is 0 Å². The minimum atomic E-state index is -0.675. The van der Waals surface area contributed by atoms with Crippen molar-refractivity contribution in [3.05, 3.63) is 11.5 Å². The Balaban J connectivity index is 1.89. The molecule has 0 aliphatic carbocycles. The predicted molar refractivity (Wildman–Crippen MR) is 58.8 cm³/mol. The maximum absolute atomic E-state index is 10.2. The molecule has 1 atom stereocenters. The van der Waals surface area contributed by atoms with E-state index in [2.05, 4.69) is 11.5 Å². The summed E-state index contributed by atoms with van der Waals surface area (Å²) in [7, 11) is 3.69. The first-order valence-electron chi connectivity index (χ1n) is 4.49. The van der Waals surface area contributed by atoms with Crippen molar-refractivity contribution in [2.75, 3.05) is 0 Å². The molecule has 1 unspecified atom stereocenters. The Bertz CT molecular complexity index is 192. The van der Waals surface area contributed by atoms with Crippen molar-refractivity contribution in [3.8, 4) is 0 Å². The van der Waals surface area contributed by atoms with Gasteiger partial charge in [0.1, 0.15) is 0 Å². The van der Waals surface area contributed by atoms with Crippen LogP contribution in [0, 0.1) is 0 Å². The van der Waals surface area contributed by atoms with Gasteiger partial charge in [0.05, 0.1) is 0 Å². The van der Waals surface area contributed by atoms with Crippen LogP contribution >= 0.6 is 21.6 Å². The minimum absolute atomic E-state index is 0.322. The summed E-state index contributed by atoms with van der Waals surface area (Å²) in [5, 5.41) is 11.2. The summed E-state index contributed by atoms with van der Waals surface area (Å²) in [6, 6.07) is 0. The highest BCUT2D eigenvalue weighted by Gasteiger charge is 2.09. The third-order valence-corrected chi connectivity index (χ3v) is 4.33. The zero-order valence-corrected chi connectivity index (χ0v) is 9.07. The third-order valence-electron chi connectivity index (χ3n) is 1.91. The van der Waals surface area contributed by atoms with Crippen molar-refractivity contribution < 1.29 is 9.90 Å². The molecule has 4 heteroatoms. The summed E-state index contributed by atoms with van der Waals surface area (Å²) in [6.45, 7) is 0. The maximum Gasteiger partial charge on any atom is 0.303 e. The highest BCUT2D eigenvalue weighted by Crippen LogP contribution is 2.37. The van der Waals surface area contributed by atoms with E-state index in [4.69, 9.17) is 5.11 Å². The van der Waals surface area contributed by atoms with Crippen LogP contribution in [0.2, 0.25) is 0 Å². The van der Waals surface area contributed by atoms with Gasteiger partial charge in [-0.05, 0) is 18.2 Å². The van der Waals surface area contributed by atoms with E-state index < -0.39 is 5.97 Å². The van der Waals surface area contributed by atoms with Crippen LogP contribution in [0.1, 0.15) is 32.1 Å². The number of rotatable bonds is 6. The van der Waals surface area contributed by atoms with Crippen molar-refractivity contribution in [1.82, 2.24) is 0 Å². The Morgan fingerprint density at radius 1 is 1.38 bits per heavy atom. The molecule has 0 bridgehead atoms. The molecule has 0 aromatic rings. The summed E-state index contributed by atoms with van der Waals surface area (Å²) in [6.07, 6.45) is 6.75. The Kier molecular flexibility index (Phi) is 5.39. The van der Waals surface area contributed by atoms with Gasteiger partial charge in [-0.2, -0.15) is 0 Å². The zero-order chi connectivity index (χ0) is 9.52. The fourth-order valence-corrected chi connectivity index (χ4v) is 3.46. The van der Waals surface area contributed by atoms with Crippen LogP contribution < -0.4 is 0 Å². The van der Waals surface area contributed by atoms with Crippen molar-refractivity contribution in [3.63, 3.8) is 0 Å².